The number of carbonyl (C=O) groups excluding carboxylic acids is 2. The van der Waals surface area contributed by atoms with Gasteiger partial charge in [-0.1, -0.05) is 0 Å². The second kappa shape index (κ2) is 9.50. The number of carbonyl (C=O) groups is 2. The van der Waals surface area contributed by atoms with E-state index in [1.54, 1.807) is 12.0 Å². The van der Waals surface area contributed by atoms with E-state index in [4.69, 9.17) is 9.47 Å². The van der Waals surface area contributed by atoms with Gasteiger partial charge in [-0.05, 0) is 26.7 Å². The third-order valence-corrected chi connectivity index (χ3v) is 4.78. The molecule has 2 saturated heterocycles. The molecule has 0 radical (unpaired) electrons. The lowest BCUT2D eigenvalue weighted by molar-refractivity contribution is -0.137. The molecule has 2 heterocycles. The summed E-state index contributed by atoms with van der Waals surface area (Å²) in [6.07, 6.45) is -2.05. The summed E-state index contributed by atoms with van der Waals surface area (Å²) in [5.74, 6) is -0.119. The second-order valence-electron chi connectivity index (χ2n) is 7.25. The summed E-state index contributed by atoms with van der Waals surface area (Å²) in [6.45, 7) is 4.87. The molecule has 26 heavy (non-hydrogen) atoms. The number of hydrogen-bond acceptors (Lipinski definition) is 6. The monoisotopic (exact) mass is 373 g/mol. The van der Waals surface area contributed by atoms with Crippen molar-refractivity contribution in [3.8, 4) is 0 Å². The maximum atomic E-state index is 12.6. The Balaban J connectivity index is 1.84. The molecule has 2 aliphatic rings. The molecule has 150 valence electrons. The molecule has 2 fully saturated rings. The van der Waals surface area contributed by atoms with E-state index >= 15 is 0 Å². The number of amides is 3. The summed E-state index contributed by atoms with van der Waals surface area (Å²) >= 11 is 0. The SMILES string of the molecule is COC[C@H]1CCCN1C(=O)C[C@@H]1O[C@H](CNC(=O)NC(C)C)[C@@H](O)[C@H]1O. The minimum Gasteiger partial charge on any atom is -0.388 e. The Labute approximate surface area is 154 Å². The molecule has 0 unspecified atom stereocenters. The van der Waals surface area contributed by atoms with Crippen LogP contribution in [-0.4, -0.2) is 90.4 Å². The third kappa shape index (κ3) is 5.29. The summed E-state index contributed by atoms with van der Waals surface area (Å²) < 4.78 is 10.8. The molecule has 0 aromatic carbocycles. The number of hydrogen-bond donors (Lipinski definition) is 4. The van der Waals surface area contributed by atoms with Gasteiger partial charge in [-0.25, -0.2) is 4.79 Å². The number of aliphatic hydroxyl groups is 2. The topological polar surface area (TPSA) is 120 Å². The van der Waals surface area contributed by atoms with Crippen LogP contribution in [0.1, 0.15) is 33.1 Å². The van der Waals surface area contributed by atoms with Crippen molar-refractivity contribution in [2.24, 2.45) is 0 Å². The standard InChI is InChI=1S/C17H31N3O6/c1-10(2)19-17(24)18-8-13-16(23)15(22)12(26-13)7-14(21)20-6-4-5-11(20)9-25-3/h10-13,15-16,22-23H,4-9H2,1-3H3,(H2,18,19,24)/t11-,12+,13-,15+,16-/m1/s1. The lowest BCUT2D eigenvalue weighted by Gasteiger charge is -2.26. The molecule has 0 aromatic rings. The van der Waals surface area contributed by atoms with Crippen molar-refractivity contribution in [2.75, 3.05) is 26.8 Å². The lowest BCUT2D eigenvalue weighted by atomic mass is 10.0. The molecular formula is C17H31N3O6. The summed E-state index contributed by atoms with van der Waals surface area (Å²) in [6, 6.07) is -0.335. The van der Waals surface area contributed by atoms with Crippen LogP contribution < -0.4 is 10.6 Å². The minimum atomic E-state index is -1.16. The van der Waals surface area contributed by atoms with Gasteiger partial charge in [0.15, 0.2) is 0 Å². The molecule has 0 aliphatic carbocycles. The maximum Gasteiger partial charge on any atom is 0.315 e. The van der Waals surface area contributed by atoms with Gasteiger partial charge in [0.1, 0.15) is 18.3 Å². The number of ether oxygens (including phenoxy) is 2. The number of likely N-dealkylation sites (tertiary alicyclic amines) is 1. The van der Waals surface area contributed by atoms with Gasteiger partial charge in [-0.2, -0.15) is 0 Å². The van der Waals surface area contributed by atoms with Crippen LogP contribution in [0.3, 0.4) is 0 Å². The van der Waals surface area contributed by atoms with Crippen molar-refractivity contribution in [1.82, 2.24) is 15.5 Å². The minimum absolute atomic E-state index is 0.00681. The van der Waals surface area contributed by atoms with E-state index in [-0.39, 0.29) is 37.0 Å². The molecule has 5 atom stereocenters. The molecule has 0 aromatic heterocycles. The van der Waals surface area contributed by atoms with Crippen LogP contribution in [0.4, 0.5) is 4.79 Å². The average molecular weight is 373 g/mol. The van der Waals surface area contributed by atoms with Crippen molar-refractivity contribution in [1.29, 1.82) is 0 Å². The first-order chi connectivity index (χ1) is 12.3. The van der Waals surface area contributed by atoms with Crippen molar-refractivity contribution >= 4 is 11.9 Å². The maximum absolute atomic E-state index is 12.6. The van der Waals surface area contributed by atoms with E-state index in [0.29, 0.717) is 13.2 Å². The third-order valence-electron chi connectivity index (χ3n) is 4.78. The predicted octanol–water partition coefficient (Wildman–Crippen LogP) is -0.789. The van der Waals surface area contributed by atoms with Crippen molar-refractivity contribution in [3.63, 3.8) is 0 Å². The van der Waals surface area contributed by atoms with E-state index in [1.807, 2.05) is 13.8 Å². The van der Waals surface area contributed by atoms with Gasteiger partial charge in [-0.3, -0.25) is 4.79 Å². The highest BCUT2D eigenvalue weighted by Gasteiger charge is 2.44. The number of methoxy groups -OCH3 is 1. The largest absolute Gasteiger partial charge is 0.388 e. The second-order valence-corrected chi connectivity index (χ2v) is 7.25. The Bertz CT molecular complexity index is 489. The normalized spacial score (nSPS) is 31.5. The van der Waals surface area contributed by atoms with Crippen LogP contribution in [-0.2, 0) is 14.3 Å². The van der Waals surface area contributed by atoms with Crippen LogP contribution in [0, 0.1) is 0 Å². The highest BCUT2D eigenvalue weighted by Crippen LogP contribution is 2.26. The van der Waals surface area contributed by atoms with Gasteiger partial charge in [0.2, 0.25) is 5.91 Å². The van der Waals surface area contributed by atoms with Crippen molar-refractivity contribution in [2.45, 2.75) is 69.6 Å². The smallest absolute Gasteiger partial charge is 0.315 e. The molecule has 9 nitrogen and oxygen atoms in total. The Morgan fingerprint density at radius 1 is 1.27 bits per heavy atom. The van der Waals surface area contributed by atoms with Gasteiger partial charge in [0, 0.05) is 26.2 Å². The molecule has 2 aliphatic heterocycles. The summed E-state index contributed by atoms with van der Waals surface area (Å²) in [4.78, 5) is 25.9. The zero-order valence-corrected chi connectivity index (χ0v) is 15.7. The average Bonchev–Trinajstić information content (AvgIpc) is 3.13. The zero-order valence-electron chi connectivity index (χ0n) is 15.7. The van der Waals surface area contributed by atoms with Crippen molar-refractivity contribution < 1.29 is 29.3 Å². The van der Waals surface area contributed by atoms with E-state index in [2.05, 4.69) is 10.6 Å². The summed E-state index contributed by atoms with van der Waals surface area (Å²) in [5.41, 5.74) is 0. The Kier molecular flexibility index (Phi) is 7.63. The number of urea groups is 1. The lowest BCUT2D eigenvalue weighted by Crippen LogP contribution is -2.45. The molecule has 4 N–H and O–H groups in total. The first-order valence-electron chi connectivity index (χ1n) is 9.17. The van der Waals surface area contributed by atoms with Gasteiger partial charge < -0.3 is 35.2 Å². The first kappa shape index (κ1) is 20.9. The Morgan fingerprint density at radius 2 is 1.96 bits per heavy atom. The van der Waals surface area contributed by atoms with Gasteiger partial charge in [0.05, 0.1) is 25.2 Å². The van der Waals surface area contributed by atoms with Crippen LogP contribution in [0.15, 0.2) is 0 Å². The van der Waals surface area contributed by atoms with E-state index in [9.17, 15) is 19.8 Å². The Morgan fingerprint density at radius 3 is 2.62 bits per heavy atom. The number of nitrogens with one attached hydrogen (secondary N) is 2. The fourth-order valence-corrected chi connectivity index (χ4v) is 3.49. The van der Waals surface area contributed by atoms with Gasteiger partial charge in [-0.15, -0.1) is 0 Å². The van der Waals surface area contributed by atoms with Crippen LogP contribution in [0.2, 0.25) is 0 Å². The van der Waals surface area contributed by atoms with Crippen LogP contribution >= 0.6 is 0 Å². The number of rotatable bonds is 7. The van der Waals surface area contributed by atoms with E-state index < -0.39 is 24.4 Å². The zero-order chi connectivity index (χ0) is 19.3. The fraction of sp³-hybridized carbons (Fsp3) is 0.882. The van der Waals surface area contributed by atoms with E-state index in [0.717, 1.165) is 12.8 Å². The van der Waals surface area contributed by atoms with Crippen molar-refractivity contribution in [3.05, 3.63) is 0 Å². The molecule has 3 amide bonds. The molecule has 2 rings (SSSR count). The molecule has 0 spiro atoms. The summed E-state index contributed by atoms with van der Waals surface area (Å²) in [5, 5.41) is 25.6. The predicted molar refractivity (Wildman–Crippen MR) is 93.6 cm³/mol. The number of nitrogens with zero attached hydrogens (tertiary/aromatic N) is 1. The fourth-order valence-electron chi connectivity index (χ4n) is 3.49. The molecule has 9 heteroatoms. The first-order valence-corrected chi connectivity index (χ1v) is 9.17. The quantitative estimate of drug-likeness (QED) is 0.464. The summed E-state index contributed by atoms with van der Waals surface area (Å²) in [7, 11) is 1.61. The van der Waals surface area contributed by atoms with E-state index in [1.165, 1.54) is 0 Å². The molecule has 0 saturated carbocycles. The van der Waals surface area contributed by atoms with Gasteiger partial charge >= 0.3 is 6.03 Å². The highest BCUT2D eigenvalue weighted by atomic mass is 16.5. The molecular weight excluding hydrogens is 342 g/mol. The van der Waals surface area contributed by atoms with Crippen LogP contribution in [0.25, 0.3) is 0 Å². The molecule has 0 bridgehead atoms. The Hall–Kier alpha value is -1.42. The number of aliphatic hydroxyl groups excluding tert-OH is 2. The van der Waals surface area contributed by atoms with Gasteiger partial charge in [0.25, 0.3) is 0 Å². The van der Waals surface area contributed by atoms with Crippen LogP contribution in [0.5, 0.6) is 0 Å². The highest BCUT2D eigenvalue weighted by molar-refractivity contribution is 5.77.